The van der Waals surface area contributed by atoms with Gasteiger partial charge in [0.1, 0.15) is 22.8 Å². The molecule has 1 aromatic carbocycles. The number of carbonyl (C=O) groups is 2. The minimum absolute atomic E-state index is 0.0197. The second-order valence-electron chi connectivity index (χ2n) is 5.72. The lowest BCUT2D eigenvalue weighted by Crippen LogP contribution is -2.36. The van der Waals surface area contributed by atoms with Crippen LogP contribution >= 0.6 is 11.6 Å². The summed E-state index contributed by atoms with van der Waals surface area (Å²) in [5.41, 5.74) is -0.178. The maximum atomic E-state index is 14.1. The van der Waals surface area contributed by atoms with E-state index in [4.69, 9.17) is 20.9 Å². The van der Waals surface area contributed by atoms with E-state index >= 15 is 0 Å². The third-order valence-electron chi connectivity index (χ3n) is 3.95. The van der Waals surface area contributed by atoms with Crippen molar-refractivity contribution in [2.45, 2.75) is 39.7 Å². The first-order chi connectivity index (χ1) is 12.4. The molecule has 1 heterocycles. The molecule has 0 radical (unpaired) electrons. The molecule has 1 amide bonds. The first-order valence-electron chi connectivity index (χ1n) is 8.26. The molecule has 0 aliphatic rings. The second-order valence-corrected chi connectivity index (χ2v) is 6.12. The first-order valence-corrected chi connectivity index (χ1v) is 8.63. The Morgan fingerprint density at radius 3 is 2.65 bits per heavy atom. The molecular formula is C18H20ClFN2O4. The van der Waals surface area contributed by atoms with Crippen molar-refractivity contribution in [2.75, 3.05) is 6.61 Å². The molecule has 0 bridgehead atoms. The van der Waals surface area contributed by atoms with Gasteiger partial charge < -0.3 is 14.6 Å². The Bertz CT molecular complexity index is 782. The zero-order valence-electron chi connectivity index (χ0n) is 14.8. The summed E-state index contributed by atoms with van der Waals surface area (Å²) in [4.78, 5) is 24.3. The highest BCUT2D eigenvalue weighted by Crippen LogP contribution is 2.33. The lowest BCUT2D eigenvalue weighted by atomic mass is 10.1. The van der Waals surface area contributed by atoms with E-state index in [-0.39, 0.29) is 33.6 Å². The SMILES string of the molecule is CCC(CC)NC(=O)COC(=O)c1c(-c2c(F)cccc2Cl)noc1C. The van der Waals surface area contributed by atoms with Crippen LogP contribution in [0, 0.1) is 12.7 Å². The highest BCUT2D eigenvalue weighted by Gasteiger charge is 2.27. The first kappa shape index (κ1) is 19.9. The molecule has 2 aromatic rings. The number of rotatable bonds is 7. The fourth-order valence-electron chi connectivity index (χ4n) is 2.47. The molecule has 0 aliphatic heterocycles. The summed E-state index contributed by atoms with van der Waals surface area (Å²) < 4.78 is 24.2. The van der Waals surface area contributed by atoms with Gasteiger partial charge in [-0.25, -0.2) is 9.18 Å². The molecule has 26 heavy (non-hydrogen) atoms. The average Bonchev–Trinajstić information content (AvgIpc) is 2.98. The van der Waals surface area contributed by atoms with Crippen molar-refractivity contribution in [1.82, 2.24) is 10.5 Å². The van der Waals surface area contributed by atoms with E-state index in [1.165, 1.54) is 25.1 Å². The fourth-order valence-corrected chi connectivity index (χ4v) is 2.73. The molecule has 0 aliphatic carbocycles. The van der Waals surface area contributed by atoms with E-state index in [2.05, 4.69) is 10.5 Å². The summed E-state index contributed by atoms with van der Waals surface area (Å²) in [6.07, 6.45) is 1.55. The predicted molar refractivity (Wildman–Crippen MR) is 94.4 cm³/mol. The summed E-state index contributed by atoms with van der Waals surface area (Å²) in [6.45, 7) is 4.94. The zero-order chi connectivity index (χ0) is 19.3. The monoisotopic (exact) mass is 382 g/mol. The average molecular weight is 383 g/mol. The van der Waals surface area contributed by atoms with Crippen LogP contribution in [0.1, 0.15) is 42.8 Å². The molecule has 6 nitrogen and oxygen atoms in total. The number of amides is 1. The summed E-state index contributed by atoms with van der Waals surface area (Å²) in [6, 6.07) is 4.13. The largest absolute Gasteiger partial charge is 0.452 e. The van der Waals surface area contributed by atoms with Crippen LogP contribution in [0.3, 0.4) is 0 Å². The van der Waals surface area contributed by atoms with Gasteiger partial charge in [-0.2, -0.15) is 0 Å². The van der Waals surface area contributed by atoms with E-state index in [1.54, 1.807) is 0 Å². The van der Waals surface area contributed by atoms with Gasteiger partial charge in [0.2, 0.25) is 0 Å². The zero-order valence-corrected chi connectivity index (χ0v) is 15.5. The van der Waals surface area contributed by atoms with Crippen LogP contribution in [-0.2, 0) is 9.53 Å². The number of ether oxygens (including phenoxy) is 1. The molecule has 0 unspecified atom stereocenters. The normalized spacial score (nSPS) is 10.8. The van der Waals surface area contributed by atoms with Gasteiger partial charge in [-0.05, 0) is 31.9 Å². The molecule has 8 heteroatoms. The van der Waals surface area contributed by atoms with Crippen LogP contribution in [0.15, 0.2) is 22.7 Å². The fraction of sp³-hybridized carbons (Fsp3) is 0.389. The van der Waals surface area contributed by atoms with Gasteiger partial charge in [0.05, 0.1) is 10.6 Å². The summed E-state index contributed by atoms with van der Waals surface area (Å²) in [5, 5.41) is 6.57. The minimum atomic E-state index is -0.835. The summed E-state index contributed by atoms with van der Waals surface area (Å²) in [7, 11) is 0. The van der Waals surface area contributed by atoms with Gasteiger partial charge in [0.25, 0.3) is 5.91 Å². The van der Waals surface area contributed by atoms with E-state index < -0.39 is 24.3 Å². The van der Waals surface area contributed by atoms with E-state index in [0.717, 1.165) is 12.8 Å². The minimum Gasteiger partial charge on any atom is -0.452 e. The third-order valence-corrected chi connectivity index (χ3v) is 4.27. The second kappa shape index (κ2) is 8.80. The number of nitrogens with one attached hydrogen (secondary N) is 1. The van der Waals surface area contributed by atoms with Gasteiger partial charge in [-0.1, -0.05) is 36.7 Å². The lowest BCUT2D eigenvalue weighted by molar-refractivity contribution is -0.125. The van der Waals surface area contributed by atoms with Gasteiger partial charge >= 0.3 is 5.97 Å². The number of nitrogens with zero attached hydrogens (tertiary/aromatic N) is 1. The molecule has 0 fully saturated rings. The number of benzene rings is 1. The maximum Gasteiger partial charge on any atom is 0.344 e. The van der Waals surface area contributed by atoms with Crippen molar-refractivity contribution in [1.29, 1.82) is 0 Å². The van der Waals surface area contributed by atoms with Gasteiger partial charge in [0, 0.05) is 6.04 Å². The third kappa shape index (κ3) is 4.40. The van der Waals surface area contributed by atoms with Crippen molar-refractivity contribution in [2.24, 2.45) is 0 Å². The number of aryl methyl sites for hydroxylation is 1. The Hall–Kier alpha value is -2.41. The van der Waals surface area contributed by atoms with Crippen LogP contribution < -0.4 is 5.32 Å². The number of hydrogen-bond donors (Lipinski definition) is 1. The highest BCUT2D eigenvalue weighted by molar-refractivity contribution is 6.33. The Labute approximate surface area is 155 Å². The lowest BCUT2D eigenvalue weighted by Gasteiger charge is -2.14. The van der Waals surface area contributed by atoms with E-state index in [0.29, 0.717) is 0 Å². The summed E-state index contributed by atoms with van der Waals surface area (Å²) in [5.74, 6) is -1.75. The summed E-state index contributed by atoms with van der Waals surface area (Å²) >= 11 is 6.03. The van der Waals surface area contributed by atoms with Crippen LogP contribution in [0.4, 0.5) is 4.39 Å². The molecule has 140 valence electrons. The maximum absolute atomic E-state index is 14.1. The van der Waals surface area contributed by atoms with Crippen molar-refractivity contribution >= 4 is 23.5 Å². The van der Waals surface area contributed by atoms with Crippen LogP contribution in [0.2, 0.25) is 5.02 Å². The smallest absolute Gasteiger partial charge is 0.344 e. The molecular weight excluding hydrogens is 363 g/mol. The van der Waals surface area contributed by atoms with Crippen LogP contribution in [0.25, 0.3) is 11.3 Å². The number of esters is 1. The Morgan fingerprint density at radius 1 is 1.35 bits per heavy atom. The molecule has 1 N–H and O–H groups in total. The molecule has 0 atom stereocenters. The predicted octanol–water partition coefficient (Wildman–Crippen LogP) is 3.90. The quantitative estimate of drug-likeness (QED) is 0.734. The Kier molecular flexibility index (Phi) is 6.74. The van der Waals surface area contributed by atoms with Gasteiger partial charge in [-0.15, -0.1) is 0 Å². The van der Waals surface area contributed by atoms with Crippen LogP contribution in [0.5, 0.6) is 0 Å². The van der Waals surface area contributed by atoms with E-state index in [1.807, 2.05) is 13.8 Å². The van der Waals surface area contributed by atoms with Crippen LogP contribution in [-0.4, -0.2) is 29.7 Å². The topological polar surface area (TPSA) is 81.4 Å². The van der Waals surface area contributed by atoms with Crippen molar-refractivity contribution in [3.05, 3.63) is 40.4 Å². The number of aromatic nitrogens is 1. The molecule has 0 saturated heterocycles. The van der Waals surface area contributed by atoms with Crippen molar-refractivity contribution in [3.8, 4) is 11.3 Å². The van der Waals surface area contributed by atoms with E-state index in [9.17, 15) is 14.0 Å². The number of halogens is 2. The highest BCUT2D eigenvalue weighted by atomic mass is 35.5. The van der Waals surface area contributed by atoms with Crippen molar-refractivity contribution in [3.63, 3.8) is 0 Å². The Balaban J connectivity index is 2.18. The number of hydrogen-bond acceptors (Lipinski definition) is 5. The standard InChI is InChI=1S/C18H20ClFN2O4/c1-4-11(5-2)21-14(23)9-25-18(24)15-10(3)26-22-17(15)16-12(19)7-6-8-13(16)20/h6-8,11H,4-5,9H2,1-3H3,(H,21,23). The Morgan fingerprint density at radius 2 is 2.04 bits per heavy atom. The van der Waals surface area contributed by atoms with Crippen molar-refractivity contribution < 1.29 is 23.2 Å². The molecule has 2 rings (SSSR count). The molecule has 0 spiro atoms. The number of carbonyl (C=O) groups excluding carboxylic acids is 2. The van der Waals surface area contributed by atoms with Gasteiger partial charge in [-0.3, -0.25) is 4.79 Å². The molecule has 0 saturated carbocycles. The van der Waals surface area contributed by atoms with Gasteiger partial charge in [0.15, 0.2) is 6.61 Å². The molecule has 1 aromatic heterocycles.